The van der Waals surface area contributed by atoms with Crippen LogP contribution in [-0.4, -0.2) is 49.6 Å². The van der Waals surface area contributed by atoms with Crippen LogP contribution in [0.2, 0.25) is 10.0 Å². The largest absolute Gasteiger partial charge is 0.416 e. The second-order valence-corrected chi connectivity index (χ2v) is 10.0. The van der Waals surface area contributed by atoms with Crippen LogP contribution in [0, 0.1) is 0 Å². The van der Waals surface area contributed by atoms with Crippen molar-refractivity contribution in [3.8, 4) is 0 Å². The van der Waals surface area contributed by atoms with Crippen molar-refractivity contribution in [2.24, 2.45) is 0 Å². The SMILES string of the molecule is C[N+]1(C(=O)NCCCCCNC(=O)C=Cc2ccc(Cl)cc2)CCC(c2ccc(Cl)cc2)CC1. The van der Waals surface area contributed by atoms with Crippen molar-refractivity contribution >= 4 is 41.2 Å². The quantitative estimate of drug-likeness (QED) is 0.250. The number of benzene rings is 2. The fourth-order valence-corrected chi connectivity index (χ4v) is 4.49. The van der Waals surface area contributed by atoms with E-state index in [0.717, 1.165) is 55.8 Å². The molecule has 1 aliphatic heterocycles. The zero-order chi connectivity index (χ0) is 24.4. The monoisotopic (exact) mass is 502 g/mol. The highest BCUT2D eigenvalue weighted by Gasteiger charge is 2.37. The third-order valence-corrected chi connectivity index (χ3v) is 7.00. The maximum atomic E-state index is 12.8. The molecule has 2 N–H and O–H groups in total. The molecule has 0 unspecified atom stereocenters. The number of piperidine rings is 1. The maximum Gasteiger partial charge on any atom is 0.416 e. The average Bonchev–Trinajstić information content (AvgIpc) is 2.84. The molecule has 2 aromatic carbocycles. The second-order valence-electron chi connectivity index (χ2n) is 9.14. The molecule has 1 fully saturated rings. The summed E-state index contributed by atoms with van der Waals surface area (Å²) in [6.45, 7) is 2.97. The number of halogens is 2. The number of nitrogens with zero attached hydrogens (tertiary/aromatic N) is 1. The Kier molecular flexibility index (Phi) is 10.00. The molecule has 0 aliphatic carbocycles. The summed E-state index contributed by atoms with van der Waals surface area (Å²) in [6, 6.07) is 15.5. The van der Waals surface area contributed by atoms with Gasteiger partial charge in [-0.2, -0.15) is 0 Å². The number of carbonyl (C=O) groups is 2. The summed E-state index contributed by atoms with van der Waals surface area (Å²) >= 11 is 11.9. The van der Waals surface area contributed by atoms with E-state index < -0.39 is 0 Å². The normalized spacial score (nSPS) is 20.3. The van der Waals surface area contributed by atoms with Crippen LogP contribution in [0.5, 0.6) is 0 Å². The number of hydrogen-bond donors (Lipinski definition) is 2. The number of hydrogen-bond acceptors (Lipinski definition) is 2. The van der Waals surface area contributed by atoms with E-state index in [0.29, 0.717) is 28.5 Å². The molecule has 0 spiro atoms. The van der Waals surface area contributed by atoms with Gasteiger partial charge < -0.3 is 10.6 Å². The third kappa shape index (κ3) is 8.15. The first-order valence-electron chi connectivity index (χ1n) is 12.0. The fraction of sp³-hybridized carbons (Fsp3) is 0.407. The van der Waals surface area contributed by atoms with Crippen molar-refractivity contribution in [2.75, 3.05) is 33.2 Å². The van der Waals surface area contributed by atoms with Crippen LogP contribution in [0.25, 0.3) is 6.08 Å². The zero-order valence-corrected chi connectivity index (χ0v) is 21.2. The van der Waals surface area contributed by atoms with E-state index in [1.807, 2.05) is 31.3 Å². The minimum Gasteiger partial charge on any atom is -0.353 e. The topological polar surface area (TPSA) is 58.2 Å². The molecule has 0 aromatic heterocycles. The molecule has 1 heterocycles. The molecule has 34 heavy (non-hydrogen) atoms. The van der Waals surface area contributed by atoms with E-state index in [2.05, 4.69) is 22.8 Å². The van der Waals surface area contributed by atoms with Gasteiger partial charge in [0.15, 0.2) is 0 Å². The van der Waals surface area contributed by atoms with Gasteiger partial charge in [-0.25, -0.2) is 9.28 Å². The lowest BCUT2D eigenvalue weighted by Gasteiger charge is -2.38. The summed E-state index contributed by atoms with van der Waals surface area (Å²) < 4.78 is 0.445. The zero-order valence-electron chi connectivity index (χ0n) is 19.7. The van der Waals surface area contributed by atoms with E-state index in [-0.39, 0.29) is 11.9 Å². The summed E-state index contributed by atoms with van der Waals surface area (Å²) in [6.07, 6.45) is 8.02. The molecule has 0 saturated carbocycles. The summed E-state index contributed by atoms with van der Waals surface area (Å²) in [5.41, 5.74) is 2.24. The van der Waals surface area contributed by atoms with Crippen molar-refractivity contribution in [3.05, 3.63) is 75.8 Å². The van der Waals surface area contributed by atoms with Gasteiger partial charge in [0.25, 0.3) is 0 Å². The molecule has 3 rings (SSSR count). The van der Waals surface area contributed by atoms with Crippen molar-refractivity contribution < 1.29 is 14.1 Å². The first-order chi connectivity index (χ1) is 16.4. The van der Waals surface area contributed by atoms with Crippen LogP contribution in [0.4, 0.5) is 4.79 Å². The number of amides is 3. The standard InChI is InChI=1S/C27H33Cl2N3O2/c1-32(19-15-23(16-20-32)22-8-12-25(29)13-9-22)27(34)31-18-4-2-3-17-30-26(33)14-7-21-5-10-24(28)11-6-21/h5-14,23H,2-4,15-20H2,1H3,(H-,30,31,33,34)/p+1. The van der Waals surface area contributed by atoms with Crippen molar-refractivity contribution in [2.45, 2.75) is 38.0 Å². The molecular weight excluding hydrogens is 469 g/mol. The highest BCUT2D eigenvalue weighted by molar-refractivity contribution is 6.30. The maximum absolute atomic E-state index is 12.8. The Morgan fingerprint density at radius 2 is 1.44 bits per heavy atom. The van der Waals surface area contributed by atoms with Gasteiger partial charge >= 0.3 is 6.03 Å². The number of unbranched alkanes of at least 4 members (excludes halogenated alkanes) is 2. The number of nitrogens with one attached hydrogen (secondary N) is 2. The van der Waals surface area contributed by atoms with Crippen molar-refractivity contribution in [3.63, 3.8) is 0 Å². The van der Waals surface area contributed by atoms with E-state index >= 15 is 0 Å². The van der Waals surface area contributed by atoms with Gasteiger partial charge in [-0.15, -0.1) is 0 Å². The van der Waals surface area contributed by atoms with Gasteiger partial charge in [0, 0.05) is 42.1 Å². The molecule has 182 valence electrons. The lowest BCUT2D eigenvalue weighted by molar-refractivity contribution is -0.836. The predicted octanol–water partition coefficient (Wildman–Crippen LogP) is 6.03. The molecule has 3 amide bonds. The summed E-state index contributed by atoms with van der Waals surface area (Å²) in [5.74, 6) is 0.384. The first-order valence-corrected chi connectivity index (χ1v) is 12.7. The van der Waals surface area contributed by atoms with E-state index in [4.69, 9.17) is 23.2 Å². The Morgan fingerprint density at radius 1 is 0.882 bits per heavy atom. The minimum atomic E-state index is -0.109. The Morgan fingerprint density at radius 3 is 2.06 bits per heavy atom. The lowest BCUT2D eigenvalue weighted by atomic mass is 9.88. The number of quaternary nitrogens is 1. The first kappa shape index (κ1) is 26.3. The van der Waals surface area contributed by atoms with Crippen molar-refractivity contribution in [1.82, 2.24) is 10.6 Å². The summed E-state index contributed by atoms with van der Waals surface area (Å²) in [4.78, 5) is 24.7. The third-order valence-electron chi connectivity index (χ3n) is 6.50. The van der Waals surface area contributed by atoms with Gasteiger partial charge in [0.05, 0.1) is 20.1 Å². The number of rotatable bonds is 9. The van der Waals surface area contributed by atoms with Gasteiger partial charge in [-0.05, 0) is 66.6 Å². The van der Waals surface area contributed by atoms with Crippen LogP contribution >= 0.6 is 23.2 Å². The van der Waals surface area contributed by atoms with Gasteiger partial charge in [-0.3, -0.25) is 4.79 Å². The highest BCUT2D eigenvalue weighted by Crippen LogP contribution is 2.31. The molecular formula is C27H34Cl2N3O2+. The molecule has 7 heteroatoms. The predicted molar refractivity (Wildman–Crippen MR) is 140 cm³/mol. The van der Waals surface area contributed by atoms with Crippen LogP contribution in [0.3, 0.4) is 0 Å². The Hall–Kier alpha value is -2.34. The van der Waals surface area contributed by atoms with E-state index in [1.165, 1.54) is 11.6 Å². The highest BCUT2D eigenvalue weighted by atomic mass is 35.5. The van der Waals surface area contributed by atoms with Gasteiger partial charge in [0.2, 0.25) is 5.91 Å². The van der Waals surface area contributed by atoms with Crippen molar-refractivity contribution in [1.29, 1.82) is 0 Å². The Balaban J connectivity index is 1.26. The fourth-order valence-electron chi connectivity index (χ4n) is 4.24. The lowest BCUT2D eigenvalue weighted by Crippen LogP contribution is -2.57. The van der Waals surface area contributed by atoms with Crippen LogP contribution in [0.1, 0.15) is 49.1 Å². The summed E-state index contributed by atoms with van der Waals surface area (Å²) in [7, 11) is 2.03. The molecule has 0 radical (unpaired) electrons. The van der Waals surface area contributed by atoms with E-state index in [9.17, 15) is 9.59 Å². The number of urea groups is 1. The molecule has 0 bridgehead atoms. The van der Waals surface area contributed by atoms with Crippen LogP contribution in [-0.2, 0) is 4.79 Å². The van der Waals surface area contributed by atoms with Gasteiger partial charge in [-0.1, -0.05) is 47.5 Å². The Labute approximate surface area is 212 Å². The molecule has 1 aliphatic rings. The van der Waals surface area contributed by atoms with Crippen LogP contribution in [0.15, 0.2) is 54.6 Å². The van der Waals surface area contributed by atoms with Gasteiger partial charge in [0.1, 0.15) is 0 Å². The second kappa shape index (κ2) is 12.9. The summed E-state index contributed by atoms with van der Waals surface area (Å²) in [5, 5.41) is 7.43. The average molecular weight is 503 g/mol. The molecule has 5 nitrogen and oxygen atoms in total. The van der Waals surface area contributed by atoms with E-state index in [1.54, 1.807) is 18.2 Å². The smallest absolute Gasteiger partial charge is 0.353 e. The Bertz CT molecular complexity index is 966. The van der Waals surface area contributed by atoms with Crippen LogP contribution < -0.4 is 10.6 Å². The molecule has 0 atom stereocenters. The number of likely N-dealkylation sites (tertiary alicyclic amines) is 1. The molecule has 1 saturated heterocycles. The number of carbonyl (C=O) groups excluding carboxylic acids is 2. The molecule has 2 aromatic rings. The minimum absolute atomic E-state index is 0.107.